The summed E-state index contributed by atoms with van der Waals surface area (Å²) in [5.74, 6) is 0.871. The number of rotatable bonds is 3. The van der Waals surface area contributed by atoms with Crippen molar-refractivity contribution in [3.8, 4) is 5.75 Å². The molecule has 0 atom stereocenters. The predicted octanol–water partition coefficient (Wildman–Crippen LogP) is 2.49. The van der Waals surface area contributed by atoms with Gasteiger partial charge in [0.2, 0.25) is 0 Å². The first-order chi connectivity index (χ1) is 6.63. The van der Waals surface area contributed by atoms with E-state index in [2.05, 4.69) is 28.1 Å². The minimum Gasteiger partial charge on any atom is -0.496 e. The lowest BCUT2D eigenvalue weighted by molar-refractivity contribution is 0.412. The van der Waals surface area contributed by atoms with Gasteiger partial charge < -0.3 is 10.5 Å². The standard InChI is InChI=1S/C11H14BrNO/c1-14-10-3-2-8(6-9(10)12)7-11(13)4-5-11/h2-3,6H,4-5,7,13H2,1H3. The molecule has 1 saturated carbocycles. The molecule has 2 N–H and O–H groups in total. The van der Waals surface area contributed by atoms with Crippen LogP contribution in [0.5, 0.6) is 5.75 Å². The van der Waals surface area contributed by atoms with E-state index in [4.69, 9.17) is 10.5 Å². The molecule has 2 rings (SSSR count). The molecule has 0 bridgehead atoms. The van der Waals surface area contributed by atoms with E-state index in [-0.39, 0.29) is 5.54 Å². The molecular weight excluding hydrogens is 242 g/mol. The Hall–Kier alpha value is -0.540. The average molecular weight is 256 g/mol. The minimum atomic E-state index is 0.0774. The van der Waals surface area contributed by atoms with Gasteiger partial charge in [0.05, 0.1) is 11.6 Å². The zero-order valence-electron chi connectivity index (χ0n) is 8.22. The molecule has 0 amide bonds. The topological polar surface area (TPSA) is 35.2 Å². The van der Waals surface area contributed by atoms with Crippen molar-refractivity contribution in [2.75, 3.05) is 7.11 Å². The summed E-state index contributed by atoms with van der Waals surface area (Å²) in [6.07, 6.45) is 3.27. The molecule has 1 aliphatic rings. The van der Waals surface area contributed by atoms with Gasteiger partial charge in [-0.15, -0.1) is 0 Å². The molecule has 0 radical (unpaired) electrons. The number of benzene rings is 1. The molecule has 0 spiro atoms. The number of ether oxygens (including phenoxy) is 1. The lowest BCUT2D eigenvalue weighted by atomic mass is 10.1. The van der Waals surface area contributed by atoms with Gasteiger partial charge in [-0.1, -0.05) is 6.07 Å². The molecule has 1 fully saturated rings. The molecule has 1 aliphatic carbocycles. The van der Waals surface area contributed by atoms with Crippen LogP contribution in [0.3, 0.4) is 0 Å². The molecule has 0 saturated heterocycles. The molecule has 76 valence electrons. The van der Waals surface area contributed by atoms with Gasteiger partial charge >= 0.3 is 0 Å². The van der Waals surface area contributed by atoms with Crippen molar-refractivity contribution in [1.29, 1.82) is 0 Å². The monoisotopic (exact) mass is 255 g/mol. The molecule has 2 nitrogen and oxygen atoms in total. The van der Waals surface area contributed by atoms with Gasteiger partial charge in [-0.05, 0) is 52.9 Å². The average Bonchev–Trinajstić information content (AvgIpc) is 2.84. The van der Waals surface area contributed by atoms with Crippen molar-refractivity contribution in [3.63, 3.8) is 0 Å². The Morgan fingerprint density at radius 3 is 2.71 bits per heavy atom. The maximum absolute atomic E-state index is 6.05. The first kappa shape index (κ1) is 9.99. The Kier molecular flexibility index (Phi) is 2.54. The summed E-state index contributed by atoms with van der Waals surface area (Å²) >= 11 is 3.47. The molecule has 0 aromatic heterocycles. The van der Waals surface area contributed by atoms with E-state index < -0.39 is 0 Å². The van der Waals surface area contributed by atoms with E-state index in [1.807, 2.05) is 6.07 Å². The third kappa shape index (κ3) is 2.10. The van der Waals surface area contributed by atoms with Crippen LogP contribution >= 0.6 is 15.9 Å². The van der Waals surface area contributed by atoms with Crippen molar-refractivity contribution in [2.45, 2.75) is 24.8 Å². The molecule has 1 aromatic rings. The highest BCUT2D eigenvalue weighted by Crippen LogP contribution is 2.36. The van der Waals surface area contributed by atoms with Crippen molar-refractivity contribution < 1.29 is 4.74 Å². The lowest BCUT2D eigenvalue weighted by Gasteiger charge is -2.10. The van der Waals surface area contributed by atoms with Gasteiger partial charge in [-0.25, -0.2) is 0 Å². The highest BCUT2D eigenvalue weighted by Gasteiger charge is 2.37. The van der Waals surface area contributed by atoms with Crippen molar-refractivity contribution in [2.24, 2.45) is 5.73 Å². The molecule has 0 aliphatic heterocycles. The summed E-state index contributed by atoms with van der Waals surface area (Å²) in [4.78, 5) is 0. The van der Waals surface area contributed by atoms with Gasteiger partial charge in [0, 0.05) is 5.54 Å². The van der Waals surface area contributed by atoms with Crippen LogP contribution in [-0.4, -0.2) is 12.6 Å². The van der Waals surface area contributed by atoms with Gasteiger partial charge in [-0.3, -0.25) is 0 Å². The van der Waals surface area contributed by atoms with E-state index in [0.29, 0.717) is 0 Å². The van der Waals surface area contributed by atoms with Crippen LogP contribution in [0.15, 0.2) is 22.7 Å². The third-order valence-electron chi connectivity index (χ3n) is 2.66. The molecular formula is C11H14BrNO. The third-order valence-corrected chi connectivity index (χ3v) is 3.28. The van der Waals surface area contributed by atoms with Crippen LogP contribution < -0.4 is 10.5 Å². The zero-order valence-corrected chi connectivity index (χ0v) is 9.80. The Balaban J connectivity index is 2.15. The van der Waals surface area contributed by atoms with Gasteiger partial charge in [-0.2, -0.15) is 0 Å². The van der Waals surface area contributed by atoms with Crippen LogP contribution in [-0.2, 0) is 6.42 Å². The van der Waals surface area contributed by atoms with Crippen LogP contribution in [0.2, 0.25) is 0 Å². The van der Waals surface area contributed by atoms with Crippen LogP contribution in [0.25, 0.3) is 0 Å². The molecule has 14 heavy (non-hydrogen) atoms. The first-order valence-electron chi connectivity index (χ1n) is 4.74. The largest absolute Gasteiger partial charge is 0.496 e. The number of methoxy groups -OCH3 is 1. The second kappa shape index (κ2) is 3.55. The Bertz CT molecular complexity index is 347. The van der Waals surface area contributed by atoms with Crippen LogP contribution in [0, 0.1) is 0 Å². The highest BCUT2D eigenvalue weighted by molar-refractivity contribution is 9.10. The number of hydrogen-bond donors (Lipinski definition) is 1. The summed E-state index contributed by atoms with van der Waals surface area (Å²) in [6, 6.07) is 6.15. The van der Waals surface area contributed by atoms with Gasteiger partial charge in [0.1, 0.15) is 5.75 Å². The second-order valence-corrected chi connectivity index (χ2v) is 4.86. The summed E-state index contributed by atoms with van der Waals surface area (Å²) in [5, 5.41) is 0. The van der Waals surface area contributed by atoms with Crippen LogP contribution in [0.1, 0.15) is 18.4 Å². The SMILES string of the molecule is COc1ccc(CC2(N)CC2)cc1Br. The lowest BCUT2D eigenvalue weighted by Crippen LogP contribution is -2.24. The molecule has 1 aromatic carbocycles. The maximum atomic E-state index is 6.05. The molecule has 3 heteroatoms. The van der Waals surface area contributed by atoms with E-state index in [1.54, 1.807) is 7.11 Å². The quantitative estimate of drug-likeness (QED) is 0.901. The highest BCUT2D eigenvalue weighted by atomic mass is 79.9. The van der Waals surface area contributed by atoms with E-state index in [1.165, 1.54) is 5.56 Å². The predicted molar refractivity (Wildman–Crippen MR) is 60.6 cm³/mol. The van der Waals surface area contributed by atoms with E-state index >= 15 is 0 Å². The van der Waals surface area contributed by atoms with Gasteiger partial charge in [0.25, 0.3) is 0 Å². The zero-order chi connectivity index (χ0) is 10.2. The molecule has 0 heterocycles. The normalized spacial score (nSPS) is 17.9. The minimum absolute atomic E-state index is 0.0774. The Morgan fingerprint density at radius 2 is 2.21 bits per heavy atom. The van der Waals surface area contributed by atoms with E-state index in [0.717, 1.165) is 29.5 Å². The summed E-state index contributed by atoms with van der Waals surface area (Å²) in [5.41, 5.74) is 7.41. The summed E-state index contributed by atoms with van der Waals surface area (Å²) < 4.78 is 6.17. The fourth-order valence-electron chi connectivity index (χ4n) is 1.56. The smallest absolute Gasteiger partial charge is 0.133 e. The number of halogens is 1. The number of nitrogens with two attached hydrogens (primary N) is 1. The van der Waals surface area contributed by atoms with Crippen molar-refractivity contribution in [1.82, 2.24) is 0 Å². The summed E-state index contributed by atoms with van der Waals surface area (Å²) in [7, 11) is 1.67. The molecule has 0 unspecified atom stereocenters. The van der Waals surface area contributed by atoms with Gasteiger partial charge in [0.15, 0.2) is 0 Å². The second-order valence-electron chi connectivity index (χ2n) is 4.01. The summed E-state index contributed by atoms with van der Waals surface area (Å²) in [6.45, 7) is 0. The van der Waals surface area contributed by atoms with Crippen molar-refractivity contribution in [3.05, 3.63) is 28.2 Å². The van der Waals surface area contributed by atoms with Crippen LogP contribution in [0.4, 0.5) is 0 Å². The fourth-order valence-corrected chi connectivity index (χ4v) is 2.15. The number of hydrogen-bond acceptors (Lipinski definition) is 2. The Morgan fingerprint density at radius 1 is 1.50 bits per heavy atom. The van der Waals surface area contributed by atoms with Crippen molar-refractivity contribution >= 4 is 15.9 Å². The Labute approximate surface area is 92.6 Å². The first-order valence-corrected chi connectivity index (χ1v) is 5.54. The fraction of sp³-hybridized carbons (Fsp3) is 0.455. The maximum Gasteiger partial charge on any atom is 0.133 e. The van der Waals surface area contributed by atoms with E-state index in [9.17, 15) is 0 Å².